The van der Waals surface area contributed by atoms with Crippen LogP contribution >= 0.6 is 0 Å². The van der Waals surface area contributed by atoms with E-state index in [0.29, 0.717) is 18.6 Å². The van der Waals surface area contributed by atoms with E-state index in [1.165, 1.54) is 5.56 Å². The third-order valence-corrected chi connectivity index (χ3v) is 4.85. The minimum Gasteiger partial charge on any atom is -0.292 e. The molecule has 0 amide bonds. The van der Waals surface area contributed by atoms with E-state index in [0.717, 1.165) is 22.4 Å². The quantitative estimate of drug-likeness (QED) is 0.680. The molecule has 1 aromatic heterocycles. The lowest BCUT2D eigenvalue weighted by atomic mass is 9.84. The standard InChI is InChI=1S/C23H20N2O/c1-2-20-22(26)14-19-13-17(10-11-21(19)25-20)23(16-7-4-3-5-8-16)18-9-6-12-24-15-18/h3-13,15,23H,2,14H2,1H3. The van der Waals surface area contributed by atoms with Gasteiger partial charge in [0, 0.05) is 24.7 Å². The molecule has 0 radical (unpaired) electrons. The molecule has 1 unspecified atom stereocenters. The molecule has 1 atom stereocenters. The number of rotatable bonds is 4. The third-order valence-electron chi connectivity index (χ3n) is 4.85. The maximum atomic E-state index is 12.3. The van der Waals surface area contributed by atoms with Gasteiger partial charge in [-0.2, -0.15) is 0 Å². The van der Waals surface area contributed by atoms with Gasteiger partial charge in [-0.3, -0.25) is 9.78 Å². The summed E-state index contributed by atoms with van der Waals surface area (Å²) in [4.78, 5) is 21.1. The topological polar surface area (TPSA) is 42.3 Å². The molecule has 0 spiro atoms. The molecule has 3 aromatic rings. The molecule has 0 fully saturated rings. The van der Waals surface area contributed by atoms with Crippen molar-refractivity contribution in [2.75, 3.05) is 0 Å². The monoisotopic (exact) mass is 340 g/mol. The average molecular weight is 340 g/mol. The predicted molar refractivity (Wildman–Crippen MR) is 104 cm³/mol. The van der Waals surface area contributed by atoms with Gasteiger partial charge in [-0.25, -0.2) is 4.99 Å². The number of benzene rings is 2. The fraction of sp³-hybridized carbons (Fsp3) is 0.174. The Bertz CT molecular complexity index is 923. The first-order valence-electron chi connectivity index (χ1n) is 8.94. The maximum absolute atomic E-state index is 12.3. The van der Waals surface area contributed by atoms with Crippen molar-refractivity contribution < 1.29 is 4.79 Å². The van der Waals surface area contributed by atoms with Gasteiger partial charge in [0.25, 0.3) is 0 Å². The van der Waals surface area contributed by atoms with E-state index in [1.807, 2.05) is 31.3 Å². The fourth-order valence-corrected chi connectivity index (χ4v) is 3.56. The number of fused-ring (bicyclic) bond motifs is 1. The highest BCUT2D eigenvalue weighted by atomic mass is 16.1. The second-order valence-corrected chi connectivity index (χ2v) is 6.53. The van der Waals surface area contributed by atoms with E-state index in [1.54, 1.807) is 6.20 Å². The fourth-order valence-electron chi connectivity index (χ4n) is 3.56. The summed E-state index contributed by atoms with van der Waals surface area (Å²) in [5.41, 5.74) is 6.11. The van der Waals surface area contributed by atoms with Crippen molar-refractivity contribution in [1.29, 1.82) is 0 Å². The SMILES string of the molecule is CCC1=Nc2ccc(C(c3ccccc3)c3cccnc3)cc2CC1=O. The van der Waals surface area contributed by atoms with Crippen LogP contribution < -0.4 is 0 Å². The number of hydrogen-bond acceptors (Lipinski definition) is 3. The van der Waals surface area contributed by atoms with E-state index in [4.69, 9.17) is 0 Å². The van der Waals surface area contributed by atoms with E-state index < -0.39 is 0 Å². The summed E-state index contributed by atoms with van der Waals surface area (Å²) in [5.74, 6) is 0.219. The van der Waals surface area contributed by atoms with Crippen molar-refractivity contribution in [1.82, 2.24) is 4.98 Å². The van der Waals surface area contributed by atoms with Gasteiger partial charge >= 0.3 is 0 Å². The zero-order valence-corrected chi connectivity index (χ0v) is 14.7. The van der Waals surface area contributed by atoms with Gasteiger partial charge in [-0.05, 0) is 40.8 Å². The zero-order valence-electron chi connectivity index (χ0n) is 14.7. The van der Waals surface area contributed by atoms with Gasteiger partial charge in [0.15, 0.2) is 5.78 Å². The van der Waals surface area contributed by atoms with Crippen LogP contribution in [0.5, 0.6) is 0 Å². The molecule has 2 heterocycles. The Morgan fingerprint density at radius 1 is 0.962 bits per heavy atom. The van der Waals surface area contributed by atoms with Gasteiger partial charge in [-0.1, -0.05) is 55.5 Å². The molecule has 3 nitrogen and oxygen atoms in total. The first-order valence-corrected chi connectivity index (χ1v) is 8.94. The number of pyridine rings is 1. The molecule has 0 bridgehead atoms. The summed E-state index contributed by atoms with van der Waals surface area (Å²) >= 11 is 0. The van der Waals surface area contributed by atoms with Crippen LogP contribution in [0.2, 0.25) is 0 Å². The van der Waals surface area contributed by atoms with Crippen LogP contribution in [0.15, 0.2) is 78.0 Å². The van der Waals surface area contributed by atoms with Gasteiger partial charge in [0.1, 0.15) is 0 Å². The molecule has 26 heavy (non-hydrogen) atoms. The lowest BCUT2D eigenvalue weighted by Crippen LogP contribution is -2.19. The van der Waals surface area contributed by atoms with E-state index in [2.05, 4.69) is 52.4 Å². The lowest BCUT2D eigenvalue weighted by molar-refractivity contribution is -0.112. The van der Waals surface area contributed by atoms with Crippen LogP contribution in [0.4, 0.5) is 5.69 Å². The van der Waals surface area contributed by atoms with Crippen molar-refractivity contribution in [3.63, 3.8) is 0 Å². The smallest absolute Gasteiger partial charge is 0.181 e. The minimum atomic E-state index is 0.0850. The molecule has 3 heteroatoms. The first-order chi connectivity index (χ1) is 12.8. The molecule has 0 aliphatic carbocycles. The molecule has 0 N–H and O–H groups in total. The summed E-state index contributed by atoms with van der Waals surface area (Å²) in [6.07, 6.45) is 4.82. The Balaban J connectivity index is 1.82. The number of carbonyl (C=O) groups excluding carboxylic acids is 1. The highest BCUT2D eigenvalue weighted by Crippen LogP contribution is 2.35. The molecule has 2 aromatic carbocycles. The molecular weight excluding hydrogens is 320 g/mol. The Morgan fingerprint density at radius 2 is 1.77 bits per heavy atom. The summed E-state index contributed by atoms with van der Waals surface area (Å²) in [6.45, 7) is 1.98. The second kappa shape index (κ2) is 7.04. The molecule has 0 saturated carbocycles. The van der Waals surface area contributed by atoms with Crippen LogP contribution in [0.3, 0.4) is 0 Å². The van der Waals surface area contributed by atoms with Crippen molar-refractivity contribution in [2.45, 2.75) is 25.7 Å². The molecule has 0 saturated heterocycles. The van der Waals surface area contributed by atoms with Gasteiger partial charge in [0.05, 0.1) is 11.4 Å². The van der Waals surface area contributed by atoms with Crippen LogP contribution in [0.1, 0.15) is 41.5 Å². The Hall–Kier alpha value is -3.07. The predicted octanol–water partition coefficient (Wildman–Crippen LogP) is 4.87. The van der Waals surface area contributed by atoms with E-state index in [9.17, 15) is 4.79 Å². The summed E-state index contributed by atoms with van der Waals surface area (Å²) in [5, 5.41) is 0. The first kappa shape index (κ1) is 16.4. The number of ketones is 1. The lowest BCUT2D eigenvalue weighted by Gasteiger charge is -2.21. The molecular formula is C23H20N2O. The van der Waals surface area contributed by atoms with Crippen molar-refractivity contribution in [2.24, 2.45) is 4.99 Å². The maximum Gasteiger partial charge on any atom is 0.181 e. The average Bonchev–Trinajstić information content (AvgIpc) is 2.69. The van der Waals surface area contributed by atoms with Crippen molar-refractivity contribution in [3.05, 3.63) is 95.3 Å². The number of hydrogen-bond donors (Lipinski definition) is 0. The molecule has 1 aliphatic heterocycles. The Morgan fingerprint density at radius 3 is 2.50 bits per heavy atom. The van der Waals surface area contributed by atoms with Crippen LogP contribution in [-0.4, -0.2) is 16.5 Å². The normalized spacial score (nSPS) is 14.5. The Labute approximate surface area is 153 Å². The third kappa shape index (κ3) is 3.08. The van der Waals surface area contributed by atoms with Crippen LogP contribution in [0.25, 0.3) is 0 Å². The second-order valence-electron chi connectivity index (χ2n) is 6.53. The molecule has 1 aliphatic rings. The van der Waals surface area contributed by atoms with Gasteiger partial charge in [0.2, 0.25) is 0 Å². The number of nitrogens with zero attached hydrogens (tertiary/aromatic N) is 2. The Kier molecular flexibility index (Phi) is 4.44. The van der Waals surface area contributed by atoms with Gasteiger partial charge < -0.3 is 0 Å². The largest absolute Gasteiger partial charge is 0.292 e. The van der Waals surface area contributed by atoms with E-state index >= 15 is 0 Å². The van der Waals surface area contributed by atoms with Crippen LogP contribution in [-0.2, 0) is 11.2 Å². The van der Waals surface area contributed by atoms with E-state index in [-0.39, 0.29) is 11.7 Å². The van der Waals surface area contributed by atoms with Gasteiger partial charge in [-0.15, -0.1) is 0 Å². The minimum absolute atomic E-state index is 0.0850. The number of aliphatic imine (C=N–C) groups is 1. The molecule has 4 rings (SSSR count). The highest BCUT2D eigenvalue weighted by Gasteiger charge is 2.22. The van der Waals surface area contributed by atoms with Crippen molar-refractivity contribution in [3.8, 4) is 0 Å². The molecule has 128 valence electrons. The zero-order chi connectivity index (χ0) is 17.9. The summed E-state index contributed by atoms with van der Waals surface area (Å²) < 4.78 is 0. The van der Waals surface area contributed by atoms with Crippen LogP contribution in [0, 0.1) is 0 Å². The summed E-state index contributed by atoms with van der Waals surface area (Å²) in [7, 11) is 0. The highest BCUT2D eigenvalue weighted by molar-refractivity contribution is 6.41. The number of aromatic nitrogens is 1. The van der Waals surface area contributed by atoms with Crippen molar-refractivity contribution >= 4 is 17.2 Å². The summed E-state index contributed by atoms with van der Waals surface area (Å²) in [6, 6.07) is 20.8. The number of Topliss-reactive ketones (excluding diaryl/α,β-unsaturated/α-hetero) is 1. The number of carbonyl (C=O) groups is 1.